The third-order valence-electron chi connectivity index (χ3n) is 4.04. The molecule has 1 heterocycles. The molecule has 1 aliphatic rings. The number of benzene rings is 2. The highest BCUT2D eigenvalue weighted by Gasteiger charge is 2.23. The molecule has 0 spiro atoms. The molecule has 0 bridgehead atoms. The zero-order valence-corrected chi connectivity index (χ0v) is 12.7. The van der Waals surface area contributed by atoms with Gasteiger partial charge in [-0.25, -0.2) is 0 Å². The van der Waals surface area contributed by atoms with Gasteiger partial charge in [0.25, 0.3) is 5.69 Å². The predicted molar refractivity (Wildman–Crippen MR) is 90.5 cm³/mol. The van der Waals surface area contributed by atoms with E-state index in [0.717, 1.165) is 23.4 Å². The van der Waals surface area contributed by atoms with Crippen LogP contribution < -0.4 is 4.90 Å². The van der Waals surface area contributed by atoms with Gasteiger partial charge in [0.05, 0.1) is 11.5 Å². The van der Waals surface area contributed by atoms with Gasteiger partial charge in [0.2, 0.25) is 0 Å². The van der Waals surface area contributed by atoms with Crippen LogP contribution in [-0.4, -0.2) is 24.6 Å². The van der Waals surface area contributed by atoms with E-state index in [4.69, 9.17) is 4.74 Å². The highest BCUT2D eigenvalue weighted by Crippen LogP contribution is 2.29. The Kier molecular flexibility index (Phi) is 4.39. The summed E-state index contributed by atoms with van der Waals surface area (Å²) in [4.78, 5) is 12.6. The number of para-hydroxylation sites is 1. The highest BCUT2D eigenvalue weighted by molar-refractivity contribution is 5.67. The Morgan fingerprint density at radius 2 is 1.96 bits per heavy atom. The van der Waals surface area contributed by atoms with Crippen molar-refractivity contribution in [2.75, 3.05) is 24.6 Å². The van der Waals surface area contributed by atoms with E-state index in [9.17, 15) is 10.1 Å². The van der Waals surface area contributed by atoms with Crippen LogP contribution in [0.25, 0.3) is 6.08 Å². The first-order valence-corrected chi connectivity index (χ1v) is 7.51. The molecule has 1 atom stereocenters. The lowest BCUT2D eigenvalue weighted by Crippen LogP contribution is -2.38. The molecule has 3 rings (SSSR count). The van der Waals surface area contributed by atoms with Gasteiger partial charge in [0.1, 0.15) is 6.10 Å². The quantitative estimate of drug-likeness (QED) is 0.636. The van der Waals surface area contributed by atoms with Crippen LogP contribution >= 0.6 is 0 Å². The Bertz CT molecular complexity index is 712. The van der Waals surface area contributed by atoms with Gasteiger partial charge in [0.15, 0.2) is 0 Å². The summed E-state index contributed by atoms with van der Waals surface area (Å²) in [7, 11) is 0. The topological polar surface area (TPSA) is 55.6 Å². The number of anilines is 1. The molecule has 0 N–H and O–H groups in total. The minimum Gasteiger partial charge on any atom is -0.370 e. The van der Waals surface area contributed by atoms with E-state index in [2.05, 4.69) is 17.5 Å². The fourth-order valence-corrected chi connectivity index (χ4v) is 2.83. The van der Waals surface area contributed by atoms with Crippen molar-refractivity contribution in [1.82, 2.24) is 0 Å². The number of ether oxygens (including phenoxy) is 1. The Morgan fingerprint density at radius 1 is 1.22 bits per heavy atom. The fourth-order valence-electron chi connectivity index (χ4n) is 2.83. The normalized spacial score (nSPS) is 17.7. The molecule has 5 heteroatoms. The first kappa shape index (κ1) is 15.2. The molecule has 1 aliphatic heterocycles. The minimum absolute atomic E-state index is 0.0950. The molecule has 0 aliphatic carbocycles. The van der Waals surface area contributed by atoms with Crippen LogP contribution in [0, 0.1) is 10.1 Å². The Balaban J connectivity index is 1.80. The fraction of sp³-hybridized carbons (Fsp3) is 0.222. The summed E-state index contributed by atoms with van der Waals surface area (Å²) in [6.07, 6.45) is 1.76. The largest absolute Gasteiger partial charge is 0.370 e. The van der Waals surface area contributed by atoms with Crippen LogP contribution in [0.1, 0.15) is 17.2 Å². The van der Waals surface area contributed by atoms with Crippen LogP contribution in [0.4, 0.5) is 11.4 Å². The second kappa shape index (κ2) is 6.62. The van der Waals surface area contributed by atoms with Gasteiger partial charge in [-0.3, -0.25) is 10.1 Å². The van der Waals surface area contributed by atoms with E-state index in [0.29, 0.717) is 13.2 Å². The molecule has 0 aromatic heterocycles. The number of non-ortho nitro benzene ring substituents is 1. The summed E-state index contributed by atoms with van der Waals surface area (Å²) >= 11 is 0. The number of nitrogens with zero attached hydrogens (tertiary/aromatic N) is 2. The van der Waals surface area contributed by atoms with Gasteiger partial charge in [-0.05, 0) is 29.3 Å². The van der Waals surface area contributed by atoms with E-state index < -0.39 is 4.92 Å². The number of morpholine rings is 1. The van der Waals surface area contributed by atoms with Crippen LogP contribution in [-0.2, 0) is 4.74 Å². The third-order valence-corrected chi connectivity index (χ3v) is 4.04. The first-order chi connectivity index (χ1) is 11.2. The number of nitro benzene ring substituents is 1. The minimum atomic E-state index is -0.391. The van der Waals surface area contributed by atoms with Crippen LogP contribution in [0.5, 0.6) is 0 Å². The highest BCUT2D eigenvalue weighted by atomic mass is 16.6. The van der Waals surface area contributed by atoms with Gasteiger partial charge in [-0.15, -0.1) is 0 Å². The van der Waals surface area contributed by atoms with E-state index in [1.54, 1.807) is 12.1 Å². The molecule has 23 heavy (non-hydrogen) atoms. The van der Waals surface area contributed by atoms with Crippen molar-refractivity contribution >= 4 is 17.5 Å². The van der Waals surface area contributed by atoms with Crippen molar-refractivity contribution in [3.05, 3.63) is 76.4 Å². The average Bonchev–Trinajstić information content (AvgIpc) is 2.62. The van der Waals surface area contributed by atoms with Gasteiger partial charge in [-0.2, -0.15) is 0 Å². The summed E-state index contributed by atoms with van der Waals surface area (Å²) < 4.78 is 5.85. The molecule has 0 amide bonds. The lowest BCUT2D eigenvalue weighted by molar-refractivity contribution is -0.384. The van der Waals surface area contributed by atoms with E-state index in [-0.39, 0.29) is 11.8 Å². The van der Waals surface area contributed by atoms with Crippen LogP contribution in [0.2, 0.25) is 0 Å². The van der Waals surface area contributed by atoms with Crippen LogP contribution in [0.15, 0.2) is 55.1 Å². The molecule has 2 aromatic carbocycles. The van der Waals surface area contributed by atoms with E-state index >= 15 is 0 Å². The summed E-state index contributed by atoms with van der Waals surface area (Å²) in [6.45, 7) is 6.01. The molecule has 2 aromatic rings. The summed E-state index contributed by atoms with van der Waals surface area (Å²) in [6, 6.07) is 14.7. The van der Waals surface area contributed by atoms with Gasteiger partial charge in [-0.1, -0.05) is 30.9 Å². The van der Waals surface area contributed by atoms with Crippen molar-refractivity contribution in [3.8, 4) is 0 Å². The maximum absolute atomic E-state index is 10.8. The Morgan fingerprint density at radius 3 is 2.65 bits per heavy atom. The van der Waals surface area contributed by atoms with Crippen molar-refractivity contribution in [3.63, 3.8) is 0 Å². The zero-order valence-electron chi connectivity index (χ0n) is 12.7. The van der Waals surface area contributed by atoms with E-state index in [1.165, 1.54) is 12.1 Å². The van der Waals surface area contributed by atoms with Crippen molar-refractivity contribution < 1.29 is 9.66 Å². The summed E-state index contributed by atoms with van der Waals surface area (Å²) in [5.74, 6) is 0. The number of hydrogen-bond donors (Lipinski definition) is 0. The molecule has 0 radical (unpaired) electrons. The number of rotatable bonds is 4. The lowest BCUT2D eigenvalue weighted by atomic mass is 10.1. The Labute approximate surface area is 135 Å². The number of hydrogen-bond acceptors (Lipinski definition) is 4. The molecule has 0 unspecified atom stereocenters. The van der Waals surface area contributed by atoms with Crippen molar-refractivity contribution in [2.24, 2.45) is 0 Å². The molecule has 118 valence electrons. The van der Waals surface area contributed by atoms with Crippen molar-refractivity contribution in [1.29, 1.82) is 0 Å². The molecule has 1 fully saturated rings. The lowest BCUT2D eigenvalue weighted by Gasteiger charge is -2.35. The maximum Gasteiger partial charge on any atom is 0.269 e. The molecular formula is C18H18N2O3. The summed E-state index contributed by atoms with van der Waals surface area (Å²) in [5, 5.41) is 10.8. The standard InChI is InChI=1S/C18H18N2O3/c1-2-14-5-3-4-6-17(14)19-11-12-23-18(13-19)15-7-9-16(10-8-15)20(21)22/h2-10,18H,1,11-13H2/t18-/m1/s1. The predicted octanol–water partition coefficient (Wildman–Crippen LogP) is 3.82. The molecular weight excluding hydrogens is 292 g/mol. The van der Waals surface area contributed by atoms with Crippen molar-refractivity contribution in [2.45, 2.75) is 6.10 Å². The second-order valence-electron chi connectivity index (χ2n) is 5.42. The monoisotopic (exact) mass is 310 g/mol. The maximum atomic E-state index is 10.8. The SMILES string of the molecule is C=Cc1ccccc1N1CCO[C@@H](c2ccc([N+](=O)[O-])cc2)C1. The van der Waals surface area contributed by atoms with Gasteiger partial charge in [0, 0.05) is 30.9 Å². The van der Waals surface area contributed by atoms with Gasteiger partial charge >= 0.3 is 0 Å². The average molecular weight is 310 g/mol. The number of nitro groups is 1. The van der Waals surface area contributed by atoms with E-state index in [1.807, 2.05) is 24.3 Å². The smallest absolute Gasteiger partial charge is 0.269 e. The molecule has 5 nitrogen and oxygen atoms in total. The summed E-state index contributed by atoms with van der Waals surface area (Å²) in [5.41, 5.74) is 3.28. The Hall–Kier alpha value is -2.66. The first-order valence-electron chi connectivity index (χ1n) is 7.51. The molecule has 1 saturated heterocycles. The second-order valence-corrected chi connectivity index (χ2v) is 5.42. The van der Waals surface area contributed by atoms with Crippen LogP contribution in [0.3, 0.4) is 0 Å². The zero-order chi connectivity index (χ0) is 16.2. The van der Waals surface area contributed by atoms with Gasteiger partial charge < -0.3 is 9.64 Å². The molecule has 0 saturated carbocycles. The third kappa shape index (κ3) is 3.24.